The summed E-state index contributed by atoms with van der Waals surface area (Å²) in [7, 11) is -3.33. The minimum Gasteiger partial charge on any atom is -0.195 e. The Hall–Kier alpha value is 0.510. The molecule has 2 heterocycles. The highest BCUT2D eigenvalue weighted by atomic mass is 35.5. The van der Waals surface area contributed by atoms with Crippen molar-refractivity contribution in [1.29, 1.82) is 0 Å². The van der Waals surface area contributed by atoms with Gasteiger partial charge in [0.15, 0.2) is 0 Å². The molecule has 2 saturated heterocycles. The quantitative estimate of drug-likeness (QED) is 0.746. The Kier molecular flexibility index (Phi) is 5.22. The second-order valence-electron chi connectivity index (χ2n) is 4.96. The van der Waals surface area contributed by atoms with Gasteiger partial charge in [-0.25, -0.2) is 0 Å². The summed E-state index contributed by atoms with van der Waals surface area (Å²) < 4.78 is 28.7. The van der Waals surface area contributed by atoms with Gasteiger partial charge in [-0.15, -0.1) is 11.6 Å². The van der Waals surface area contributed by atoms with Gasteiger partial charge in [-0.2, -0.15) is 28.8 Å². The Morgan fingerprint density at radius 1 is 1.28 bits per heavy atom. The first-order valence-corrected chi connectivity index (χ1v) is 9.58. The SMILES string of the molecule is CC1CSCCN1S(=O)(=O)N1CCCCC1CCl. The average Bonchev–Trinajstić information content (AvgIpc) is 2.39. The summed E-state index contributed by atoms with van der Waals surface area (Å²) in [5.41, 5.74) is 0. The standard InChI is InChI=1S/C11H21ClN2O2S2/c1-10-9-17-7-6-13(10)18(15,16)14-5-3-2-4-11(14)8-12/h10-11H,2-9H2,1H3. The van der Waals surface area contributed by atoms with Crippen molar-refractivity contribution >= 4 is 33.6 Å². The maximum Gasteiger partial charge on any atom is 0.282 e. The average molecular weight is 313 g/mol. The molecule has 0 N–H and O–H groups in total. The second kappa shape index (κ2) is 6.31. The second-order valence-corrected chi connectivity index (χ2v) is 8.25. The molecule has 106 valence electrons. The lowest BCUT2D eigenvalue weighted by Crippen LogP contribution is -2.55. The number of piperidine rings is 1. The first-order valence-electron chi connectivity index (χ1n) is 6.49. The van der Waals surface area contributed by atoms with Gasteiger partial charge in [0.2, 0.25) is 0 Å². The Balaban J connectivity index is 2.17. The zero-order valence-electron chi connectivity index (χ0n) is 10.7. The molecule has 0 amide bonds. The van der Waals surface area contributed by atoms with Crippen molar-refractivity contribution in [1.82, 2.24) is 8.61 Å². The van der Waals surface area contributed by atoms with Gasteiger partial charge in [-0.3, -0.25) is 0 Å². The third-order valence-corrected chi connectivity index (χ3v) is 7.40. The van der Waals surface area contributed by atoms with E-state index in [1.807, 2.05) is 18.7 Å². The van der Waals surface area contributed by atoms with E-state index in [1.54, 1.807) is 8.61 Å². The number of thioether (sulfide) groups is 1. The fourth-order valence-electron chi connectivity index (χ4n) is 2.62. The van der Waals surface area contributed by atoms with Crippen LogP contribution in [-0.4, -0.2) is 59.6 Å². The summed E-state index contributed by atoms with van der Waals surface area (Å²) in [5.74, 6) is 2.18. The van der Waals surface area contributed by atoms with Crippen molar-refractivity contribution in [2.45, 2.75) is 38.3 Å². The molecule has 2 fully saturated rings. The van der Waals surface area contributed by atoms with Crippen molar-refractivity contribution in [3.05, 3.63) is 0 Å². The first kappa shape index (κ1) is 14.9. The molecule has 2 aliphatic heterocycles. The van der Waals surface area contributed by atoms with Gasteiger partial charge in [-0.1, -0.05) is 6.42 Å². The van der Waals surface area contributed by atoms with Crippen LogP contribution in [0.25, 0.3) is 0 Å². The van der Waals surface area contributed by atoms with Gasteiger partial charge in [0.05, 0.1) is 0 Å². The fourth-order valence-corrected chi connectivity index (χ4v) is 6.28. The molecule has 4 nitrogen and oxygen atoms in total. The van der Waals surface area contributed by atoms with E-state index >= 15 is 0 Å². The van der Waals surface area contributed by atoms with E-state index in [4.69, 9.17) is 11.6 Å². The van der Waals surface area contributed by atoms with Gasteiger partial charge in [0, 0.05) is 42.6 Å². The number of halogens is 1. The lowest BCUT2D eigenvalue weighted by atomic mass is 10.1. The lowest BCUT2D eigenvalue weighted by molar-refractivity contribution is 0.238. The van der Waals surface area contributed by atoms with E-state index in [2.05, 4.69) is 0 Å². The van der Waals surface area contributed by atoms with Gasteiger partial charge in [0.25, 0.3) is 10.2 Å². The molecule has 0 bridgehead atoms. The number of rotatable bonds is 3. The summed E-state index contributed by atoms with van der Waals surface area (Å²) in [4.78, 5) is 0. The monoisotopic (exact) mass is 312 g/mol. The predicted octanol–water partition coefficient (Wildman–Crippen LogP) is 1.76. The summed E-state index contributed by atoms with van der Waals surface area (Å²) in [5, 5.41) is 0. The minimum absolute atomic E-state index is 0.0211. The van der Waals surface area contributed by atoms with E-state index in [1.165, 1.54) is 0 Å². The molecule has 0 aromatic carbocycles. The Bertz CT molecular complexity index is 377. The van der Waals surface area contributed by atoms with Crippen LogP contribution in [0, 0.1) is 0 Å². The maximum absolute atomic E-state index is 12.7. The van der Waals surface area contributed by atoms with Gasteiger partial charge >= 0.3 is 0 Å². The van der Waals surface area contributed by atoms with E-state index in [0.29, 0.717) is 19.0 Å². The molecule has 0 radical (unpaired) electrons. The third-order valence-electron chi connectivity index (χ3n) is 3.65. The van der Waals surface area contributed by atoms with Gasteiger partial charge in [-0.05, 0) is 19.8 Å². The number of alkyl halides is 1. The Labute approximate surface area is 119 Å². The molecule has 0 aliphatic carbocycles. The summed E-state index contributed by atoms with van der Waals surface area (Å²) in [6.45, 7) is 3.24. The van der Waals surface area contributed by atoms with Gasteiger partial charge < -0.3 is 0 Å². The van der Waals surface area contributed by atoms with Crippen molar-refractivity contribution in [2.75, 3.05) is 30.5 Å². The number of nitrogens with zero attached hydrogens (tertiary/aromatic N) is 2. The molecular weight excluding hydrogens is 292 g/mol. The lowest BCUT2D eigenvalue weighted by Gasteiger charge is -2.40. The largest absolute Gasteiger partial charge is 0.282 e. The molecule has 2 aliphatic rings. The molecule has 0 saturated carbocycles. The highest BCUT2D eigenvalue weighted by Crippen LogP contribution is 2.27. The zero-order valence-corrected chi connectivity index (χ0v) is 13.1. The fraction of sp³-hybridized carbons (Fsp3) is 1.00. The van der Waals surface area contributed by atoms with Crippen molar-refractivity contribution in [3.8, 4) is 0 Å². The topological polar surface area (TPSA) is 40.6 Å². The third kappa shape index (κ3) is 2.98. The normalized spacial score (nSPS) is 32.6. The van der Waals surface area contributed by atoms with Crippen LogP contribution in [0.15, 0.2) is 0 Å². The zero-order chi connectivity index (χ0) is 13.2. The van der Waals surface area contributed by atoms with E-state index in [0.717, 1.165) is 30.8 Å². The van der Waals surface area contributed by atoms with E-state index in [9.17, 15) is 8.42 Å². The number of hydrogen-bond acceptors (Lipinski definition) is 3. The van der Waals surface area contributed by atoms with E-state index in [-0.39, 0.29) is 12.1 Å². The van der Waals surface area contributed by atoms with Crippen LogP contribution in [0.5, 0.6) is 0 Å². The van der Waals surface area contributed by atoms with E-state index < -0.39 is 10.2 Å². The Morgan fingerprint density at radius 2 is 2.06 bits per heavy atom. The highest BCUT2D eigenvalue weighted by molar-refractivity contribution is 7.99. The van der Waals surface area contributed by atoms with Crippen molar-refractivity contribution in [2.24, 2.45) is 0 Å². The highest BCUT2D eigenvalue weighted by Gasteiger charge is 2.39. The molecule has 0 aromatic heterocycles. The molecule has 2 atom stereocenters. The molecule has 7 heteroatoms. The predicted molar refractivity (Wildman–Crippen MR) is 77.5 cm³/mol. The number of hydrogen-bond donors (Lipinski definition) is 0. The summed E-state index contributed by atoms with van der Waals surface area (Å²) in [6.07, 6.45) is 2.91. The maximum atomic E-state index is 12.7. The summed E-state index contributed by atoms with van der Waals surface area (Å²) in [6, 6.07) is 0.0684. The van der Waals surface area contributed by atoms with Crippen LogP contribution in [0.4, 0.5) is 0 Å². The van der Waals surface area contributed by atoms with Crippen LogP contribution >= 0.6 is 23.4 Å². The van der Waals surface area contributed by atoms with Crippen LogP contribution in [-0.2, 0) is 10.2 Å². The van der Waals surface area contributed by atoms with Crippen LogP contribution in [0.3, 0.4) is 0 Å². The summed E-state index contributed by atoms with van der Waals surface area (Å²) >= 11 is 7.75. The smallest absolute Gasteiger partial charge is 0.195 e. The first-order chi connectivity index (χ1) is 8.57. The van der Waals surface area contributed by atoms with Crippen LogP contribution < -0.4 is 0 Å². The molecule has 2 unspecified atom stereocenters. The molecular formula is C11H21ClN2O2S2. The van der Waals surface area contributed by atoms with Gasteiger partial charge in [0.1, 0.15) is 0 Å². The molecule has 18 heavy (non-hydrogen) atoms. The molecule has 0 aromatic rings. The Morgan fingerprint density at radius 3 is 2.72 bits per heavy atom. The molecule has 2 rings (SSSR count). The van der Waals surface area contributed by atoms with Crippen LogP contribution in [0.2, 0.25) is 0 Å². The molecule has 0 spiro atoms. The van der Waals surface area contributed by atoms with Crippen LogP contribution in [0.1, 0.15) is 26.2 Å². The minimum atomic E-state index is -3.33. The van der Waals surface area contributed by atoms with Crippen molar-refractivity contribution < 1.29 is 8.42 Å². The van der Waals surface area contributed by atoms with Crippen molar-refractivity contribution in [3.63, 3.8) is 0 Å².